The van der Waals surface area contributed by atoms with Crippen molar-refractivity contribution in [2.75, 3.05) is 10.6 Å². The molecule has 0 saturated carbocycles. The van der Waals surface area contributed by atoms with Crippen LogP contribution < -0.4 is 10.6 Å². The molecule has 3 aromatic rings. The summed E-state index contributed by atoms with van der Waals surface area (Å²) >= 11 is 0. The molecule has 0 saturated heterocycles. The van der Waals surface area contributed by atoms with Crippen molar-refractivity contribution in [2.24, 2.45) is 0 Å². The Morgan fingerprint density at radius 1 is 0.926 bits per heavy atom. The van der Waals surface area contributed by atoms with Crippen LogP contribution in [0.1, 0.15) is 20.7 Å². The molecule has 0 radical (unpaired) electrons. The van der Waals surface area contributed by atoms with Gasteiger partial charge in [0.05, 0.1) is 10.6 Å². The van der Waals surface area contributed by atoms with Crippen molar-refractivity contribution in [2.45, 2.75) is 4.90 Å². The fourth-order valence-corrected chi connectivity index (χ4v) is 3.99. The summed E-state index contributed by atoms with van der Waals surface area (Å²) in [6.07, 6.45) is 0. The summed E-state index contributed by atoms with van der Waals surface area (Å²) in [6.45, 7) is 3.30. The van der Waals surface area contributed by atoms with Crippen LogP contribution in [0.25, 0.3) is 10.8 Å². The molecule has 0 bridgehead atoms. The van der Waals surface area contributed by atoms with Crippen molar-refractivity contribution in [1.82, 2.24) is 0 Å². The number of carbonyl (C=O) groups is 2. The van der Waals surface area contributed by atoms with Crippen molar-refractivity contribution in [3.05, 3.63) is 77.7 Å². The number of carbonyl (C=O) groups excluding carboxylic acids is 2. The van der Waals surface area contributed by atoms with Crippen molar-refractivity contribution in [1.29, 1.82) is 0 Å². The van der Waals surface area contributed by atoms with E-state index in [1.165, 1.54) is 24.3 Å². The molecule has 1 aliphatic rings. The molecule has 2 N–H and O–H groups in total. The lowest BCUT2D eigenvalue weighted by molar-refractivity contribution is 0.0893. The summed E-state index contributed by atoms with van der Waals surface area (Å²) < 4.78 is 24.1. The molecule has 6 nitrogen and oxygen atoms in total. The molecule has 0 atom stereocenters. The van der Waals surface area contributed by atoms with E-state index in [2.05, 4.69) is 6.58 Å². The largest absolute Gasteiger partial charge is 0.398 e. The van der Waals surface area contributed by atoms with E-state index in [0.717, 1.165) is 10.3 Å². The summed E-state index contributed by atoms with van der Waals surface area (Å²) in [6, 6.07) is 13.9. The highest BCUT2D eigenvalue weighted by Crippen LogP contribution is 2.35. The number of nitrogen functional groups attached to an aromatic ring is 1. The molecule has 0 spiro atoms. The number of nitrogens with zero attached hydrogens (tertiary/aromatic N) is 1. The molecular weight excluding hydrogens is 364 g/mol. The van der Waals surface area contributed by atoms with Gasteiger partial charge in [-0.15, -0.1) is 0 Å². The van der Waals surface area contributed by atoms with E-state index in [9.17, 15) is 18.0 Å². The molecule has 134 valence electrons. The maximum Gasteiger partial charge on any atom is 0.265 e. The smallest absolute Gasteiger partial charge is 0.265 e. The number of hydrogen-bond donors (Lipinski definition) is 1. The van der Waals surface area contributed by atoms with Crippen molar-refractivity contribution in [3.8, 4) is 0 Å². The van der Waals surface area contributed by atoms with Gasteiger partial charge in [-0.25, -0.2) is 13.3 Å². The molecule has 0 aromatic heterocycles. The number of nitrogens with two attached hydrogens (primary N) is 1. The third-order valence-electron chi connectivity index (χ3n) is 4.57. The predicted molar refractivity (Wildman–Crippen MR) is 103 cm³/mol. The van der Waals surface area contributed by atoms with Gasteiger partial charge in [0, 0.05) is 33.0 Å². The average molecular weight is 378 g/mol. The second-order valence-corrected chi connectivity index (χ2v) is 7.98. The van der Waals surface area contributed by atoms with Crippen LogP contribution >= 0.6 is 0 Å². The highest BCUT2D eigenvalue weighted by molar-refractivity contribution is 7.94. The zero-order valence-electron chi connectivity index (χ0n) is 14.0. The molecule has 4 rings (SSSR count). The molecule has 2 amide bonds. The molecule has 0 fully saturated rings. The fourth-order valence-electron chi connectivity index (χ4n) is 3.25. The van der Waals surface area contributed by atoms with Crippen LogP contribution in [0.5, 0.6) is 0 Å². The van der Waals surface area contributed by atoms with Gasteiger partial charge in [-0.05, 0) is 36.4 Å². The standard InChI is InChI=1S/C20H14N2O4S/c1-2-27(25,26)13-6-3-5-12(11-13)22-19(23)15-8-4-7-14-17(21)10-9-16(18(14)15)20(22)24/h2-11H,1,21H2. The van der Waals surface area contributed by atoms with Crippen molar-refractivity contribution in [3.63, 3.8) is 0 Å². The zero-order valence-corrected chi connectivity index (χ0v) is 14.9. The maximum atomic E-state index is 13.1. The molecular formula is C20H14N2O4S. The second kappa shape index (κ2) is 5.78. The Morgan fingerprint density at radius 2 is 1.59 bits per heavy atom. The molecule has 3 aromatic carbocycles. The third kappa shape index (κ3) is 2.43. The van der Waals surface area contributed by atoms with Gasteiger partial charge in [-0.3, -0.25) is 9.59 Å². The molecule has 1 aliphatic heterocycles. The first-order valence-corrected chi connectivity index (χ1v) is 9.57. The van der Waals surface area contributed by atoms with E-state index >= 15 is 0 Å². The van der Waals surface area contributed by atoms with Crippen molar-refractivity contribution >= 4 is 43.8 Å². The number of amides is 2. The first kappa shape index (κ1) is 17.0. The number of imide groups is 1. The number of benzene rings is 3. The summed E-state index contributed by atoms with van der Waals surface area (Å²) in [5.74, 6) is -1.06. The maximum absolute atomic E-state index is 13.1. The summed E-state index contributed by atoms with van der Waals surface area (Å²) in [7, 11) is -3.70. The number of anilines is 2. The Balaban J connectivity index is 1.94. The lowest BCUT2D eigenvalue weighted by atomic mass is 9.93. The normalized spacial score (nSPS) is 13.9. The van der Waals surface area contributed by atoms with Crippen LogP contribution in [0, 0.1) is 0 Å². The van der Waals surface area contributed by atoms with Gasteiger partial charge in [0.25, 0.3) is 11.8 Å². The van der Waals surface area contributed by atoms with E-state index < -0.39 is 21.7 Å². The van der Waals surface area contributed by atoms with Crippen LogP contribution in [0.2, 0.25) is 0 Å². The first-order chi connectivity index (χ1) is 12.8. The number of rotatable bonds is 3. The molecule has 7 heteroatoms. The van der Waals surface area contributed by atoms with Crippen LogP contribution in [-0.2, 0) is 9.84 Å². The first-order valence-electron chi connectivity index (χ1n) is 8.03. The van der Waals surface area contributed by atoms with Gasteiger partial charge >= 0.3 is 0 Å². The highest BCUT2D eigenvalue weighted by Gasteiger charge is 2.34. The zero-order chi connectivity index (χ0) is 19.3. The molecule has 1 heterocycles. The monoisotopic (exact) mass is 378 g/mol. The van der Waals surface area contributed by atoms with Gasteiger partial charge in [0.1, 0.15) is 0 Å². The van der Waals surface area contributed by atoms with Crippen LogP contribution in [0.15, 0.2) is 71.5 Å². The Kier molecular flexibility index (Phi) is 3.64. The second-order valence-electron chi connectivity index (χ2n) is 6.09. The predicted octanol–water partition coefficient (Wildman–Crippen LogP) is 3.14. The van der Waals surface area contributed by atoms with Gasteiger partial charge in [-0.1, -0.05) is 24.8 Å². The lowest BCUT2D eigenvalue weighted by Crippen LogP contribution is -2.40. The van der Waals surface area contributed by atoms with Gasteiger partial charge < -0.3 is 5.73 Å². The molecule has 0 unspecified atom stereocenters. The lowest BCUT2D eigenvalue weighted by Gasteiger charge is -2.27. The Bertz CT molecular complexity index is 1240. The minimum atomic E-state index is -3.70. The number of sulfone groups is 1. The fraction of sp³-hybridized carbons (Fsp3) is 0. The van der Waals surface area contributed by atoms with E-state index in [1.807, 2.05) is 0 Å². The Labute approximate surface area is 155 Å². The van der Waals surface area contributed by atoms with Crippen LogP contribution in [-0.4, -0.2) is 20.2 Å². The topological polar surface area (TPSA) is 97.5 Å². The van der Waals surface area contributed by atoms with E-state index in [-0.39, 0.29) is 10.6 Å². The van der Waals surface area contributed by atoms with Crippen LogP contribution in [0.3, 0.4) is 0 Å². The molecule has 27 heavy (non-hydrogen) atoms. The minimum Gasteiger partial charge on any atom is -0.398 e. The summed E-state index contributed by atoms with van der Waals surface area (Å²) in [5, 5.41) is 1.97. The Morgan fingerprint density at radius 3 is 2.30 bits per heavy atom. The van der Waals surface area contributed by atoms with Gasteiger partial charge in [-0.2, -0.15) is 0 Å². The molecule has 0 aliphatic carbocycles. The quantitative estimate of drug-likeness (QED) is 0.558. The third-order valence-corrected chi connectivity index (χ3v) is 5.91. The Hall–Kier alpha value is -3.45. The van der Waals surface area contributed by atoms with Crippen LogP contribution in [0.4, 0.5) is 11.4 Å². The van der Waals surface area contributed by atoms with E-state index in [4.69, 9.17) is 5.73 Å². The summed E-state index contributed by atoms with van der Waals surface area (Å²) in [5.41, 5.74) is 7.31. The average Bonchev–Trinajstić information content (AvgIpc) is 2.67. The van der Waals surface area contributed by atoms with Gasteiger partial charge in [0.2, 0.25) is 0 Å². The minimum absolute atomic E-state index is 0.0445. The SMILES string of the molecule is C=CS(=O)(=O)c1cccc(N2C(=O)c3cccc4c(N)ccc(c34)C2=O)c1. The number of hydrogen-bond acceptors (Lipinski definition) is 5. The summed E-state index contributed by atoms with van der Waals surface area (Å²) in [4.78, 5) is 27.0. The highest BCUT2D eigenvalue weighted by atomic mass is 32.2. The van der Waals surface area contributed by atoms with E-state index in [1.54, 1.807) is 30.3 Å². The van der Waals surface area contributed by atoms with E-state index in [0.29, 0.717) is 27.6 Å². The van der Waals surface area contributed by atoms with Crippen molar-refractivity contribution < 1.29 is 18.0 Å². The van der Waals surface area contributed by atoms with Gasteiger partial charge in [0.15, 0.2) is 9.84 Å².